The molecule has 0 saturated carbocycles. The van der Waals surface area contributed by atoms with E-state index < -0.39 is 0 Å². The molecular formula is C7H9N3O. The second-order valence-electron chi connectivity index (χ2n) is 2.05. The molecule has 0 unspecified atom stereocenters. The van der Waals surface area contributed by atoms with Gasteiger partial charge in [0.2, 0.25) is 0 Å². The summed E-state index contributed by atoms with van der Waals surface area (Å²) in [6.07, 6.45) is 2.11. The van der Waals surface area contributed by atoms with E-state index in [4.69, 9.17) is 5.21 Å². The number of hydrogen-bond acceptors (Lipinski definition) is 4. The molecule has 0 amide bonds. The fraction of sp³-hybridized carbons (Fsp3) is 0.286. The van der Waals surface area contributed by atoms with E-state index >= 15 is 0 Å². The van der Waals surface area contributed by atoms with Gasteiger partial charge in [-0.05, 0) is 18.6 Å². The summed E-state index contributed by atoms with van der Waals surface area (Å²) in [5, 5.41) is 18.6. The van der Waals surface area contributed by atoms with E-state index in [0.29, 0.717) is 5.69 Å². The van der Waals surface area contributed by atoms with Crippen molar-refractivity contribution in [3.8, 4) is 0 Å². The van der Waals surface area contributed by atoms with Crippen LogP contribution in [-0.4, -0.2) is 21.6 Å². The highest BCUT2D eigenvalue weighted by atomic mass is 16.4. The van der Waals surface area contributed by atoms with Crippen molar-refractivity contribution in [2.75, 3.05) is 0 Å². The van der Waals surface area contributed by atoms with Gasteiger partial charge in [-0.3, -0.25) is 0 Å². The fourth-order valence-electron chi connectivity index (χ4n) is 0.687. The average Bonchev–Trinajstić information content (AvgIpc) is 2.07. The van der Waals surface area contributed by atoms with Gasteiger partial charge in [-0.15, -0.1) is 5.10 Å². The monoisotopic (exact) mass is 151 g/mol. The van der Waals surface area contributed by atoms with Crippen molar-refractivity contribution in [3.63, 3.8) is 0 Å². The average molecular weight is 151 g/mol. The minimum atomic E-state index is 0.560. The summed E-state index contributed by atoms with van der Waals surface area (Å²) >= 11 is 0. The van der Waals surface area contributed by atoms with Crippen LogP contribution in [-0.2, 0) is 6.42 Å². The first kappa shape index (κ1) is 7.65. The Morgan fingerprint density at radius 2 is 2.36 bits per heavy atom. The van der Waals surface area contributed by atoms with E-state index in [1.807, 2.05) is 13.0 Å². The molecular weight excluding hydrogens is 142 g/mol. The number of rotatable bonds is 2. The zero-order valence-electron chi connectivity index (χ0n) is 6.23. The van der Waals surface area contributed by atoms with Crippen LogP contribution < -0.4 is 0 Å². The number of aromatic nitrogens is 2. The lowest BCUT2D eigenvalue weighted by Crippen LogP contribution is -1.94. The molecule has 58 valence electrons. The topological polar surface area (TPSA) is 58.4 Å². The van der Waals surface area contributed by atoms with Gasteiger partial charge >= 0.3 is 0 Å². The van der Waals surface area contributed by atoms with Gasteiger partial charge in [0, 0.05) is 0 Å². The highest BCUT2D eigenvalue weighted by Crippen LogP contribution is 1.94. The van der Waals surface area contributed by atoms with Gasteiger partial charge in [-0.2, -0.15) is 5.10 Å². The van der Waals surface area contributed by atoms with Crippen LogP contribution in [0.3, 0.4) is 0 Å². The van der Waals surface area contributed by atoms with Crippen LogP contribution in [0.15, 0.2) is 17.3 Å². The van der Waals surface area contributed by atoms with Crippen molar-refractivity contribution >= 4 is 6.21 Å². The molecule has 0 radical (unpaired) electrons. The SMILES string of the molecule is CCc1ccc(/C=N/O)nn1. The minimum absolute atomic E-state index is 0.560. The van der Waals surface area contributed by atoms with E-state index in [0.717, 1.165) is 12.1 Å². The van der Waals surface area contributed by atoms with Crippen molar-refractivity contribution in [1.82, 2.24) is 10.2 Å². The van der Waals surface area contributed by atoms with Gasteiger partial charge < -0.3 is 5.21 Å². The standard InChI is InChI=1S/C7H9N3O/c1-2-6-3-4-7(5-8-11)10-9-6/h3-5,11H,2H2,1H3/b8-5+. The zero-order chi connectivity index (χ0) is 8.10. The summed E-state index contributed by atoms with van der Waals surface area (Å²) in [6.45, 7) is 2.00. The highest BCUT2D eigenvalue weighted by Gasteiger charge is 1.91. The maximum Gasteiger partial charge on any atom is 0.107 e. The molecule has 1 N–H and O–H groups in total. The Morgan fingerprint density at radius 1 is 1.55 bits per heavy atom. The number of aryl methyl sites for hydroxylation is 1. The molecule has 1 aromatic rings. The minimum Gasteiger partial charge on any atom is -0.411 e. The fourth-order valence-corrected chi connectivity index (χ4v) is 0.687. The lowest BCUT2D eigenvalue weighted by molar-refractivity contribution is 0.321. The first-order valence-corrected chi connectivity index (χ1v) is 3.37. The summed E-state index contributed by atoms with van der Waals surface area (Å²) in [5.74, 6) is 0. The van der Waals surface area contributed by atoms with Crippen LogP contribution in [0.5, 0.6) is 0 Å². The van der Waals surface area contributed by atoms with Crippen LogP contribution in [0.1, 0.15) is 18.3 Å². The van der Waals surface area contributed by atoms with Gasteiger partial charge in [0.25, 0.3) is 0 Å². The second kappa shape index (κ2) is 3.65. The van der Waals surface area contributed by atoms with Crippen LogP contribution in [0, 0.1) is 0 Å². The van der Waals surface area contributed by atoms with Crippen LogP contribution in [0.4, 0.5) is 0 Å². The van der Waals surface area contributed by atoms with Crippen molar-refractivity contribution in [1.29, 1.82) is 0 Å². The van der Waals surface area contributed by atoms with Gasteiger partial charge in [-0.1, -0.05) is 12.1 Å². The molecule has 0 aliphatic carbocycles. The van der Waals surface area contributed by atoms with E-state index in [1.54, 1.807) is 6.07 Å². The maximum atomic E-state index is 8.15. The van der Waals surface area contributed by atoms with Gasteiger partial charge in [0.1, 0.15) is 5.69 Å². The molecule has 11 heavy (non-hydrogen) atoms. The Kier molecular flexibility index (Phi) is 2.54. The maximum absolute atomic E-state index is 8.15. The highest BCUT2D eigenvalue weighted by molar-refractivity contribution is 5.75. The first-order valence-electron chi connectivity index (χ1n) is 3.37. The summed E-state index contributed by atoms with van der Waals surface area (Å²) in [4.78, 5) is 0. The lowest BCUT2D eigenvalue weighted by Gasteiger charge is -1.92. The zero-order valence-corrected chi connectivity index (χ0v) is 6.23. The van der Waals surface area contributed by atoms with E-state index in [9.17, 15) is 0 Å². The molecule has 0 aliphatic rings. The quantitative estimate of drug-likeness (QED) is 0.387. The predicted molar refractivity (Wildman–Crippen MR) is 40.8 cm³/mol. The number of hydrogen-bond donors (Lipinski definition) is 1. The van der Waals surface area contributed by atoms with Crippen molar-refractivity contribution in [2.45, 2.75) is 13.3 Å². The Labute approximate surface area is 64.6 Å². The molecule has 1 aromatic heterocycles. The normalized spacial score (nSPS) is 10.6. The summed E-state index contributed by atoms with van der Waals surface area (Å²) < 4.78 is 0. The Morgan fingerprint density at radius 3 is 2.82 bits per heavy atom. The van der Waals surface area contributed by atoms with E-state index in [1.165, 1.54) is 6.21 Å². The molecule has 0 atom stereocenters. The van der Waals surface area contributed by atoms with Crippen molar-refractivity contribution in [3.05, 3.63) is 23.5 Å². The van der Waals surface area contributed by atoms with Gasteiger partial charge in [0.15, 0.2) is 0 Å². The Bertz CT molecular complexity index is 242. The molecule has 0 aliphatic heterocycles. The molecule has 1 rings (SSSR count). The van der Waals surface area contributed by atoms with E-state index in [2.05, 4.69) is 15.4 Å². The smallest absolute Gasteiger partial charge is 0.107 e. The van der Waals surface area contributed by atoms with Crippen LogP contribution >= 0.6 is 0 Å². The molecule has 0 bridgehead atoms. The number of oxime groups is 1. The second-order valence-corrected chi connectivity index (χ2v) is 2.05. The molecule has 0 spiro atoms. The van der Waals surface area contributed by atoms with Crippen molar-refractivity contribution in [2.24, 2.45) is 5.16 Å². The molecule has 0 fully saturated rings. The third kappa shape index (κ3) is 2.00. The Hall–Kier alpha value is -1.45. The predicted octanol–water partition coefficient (Wildman–Crippen LogP) is 0.847. The molecule has 0 aromatic carbocycles. The van der Waals surface area contributed by atoms with E-state index in [-0.39, 0.29) is 0 Å². The first-order chi connectivity index (χ1) is 5.36. The van der Waals surface area contributed by atoms with Gasteiger partial charge in [0.05, 0.1) is 11.9 Å². The van der Waals surface area contributed by atoms with Crippen LogP contribution in [0.25, 0.3) is 0 Å². The van der Waals surface area contributed by atoms with Crippen LogP contribution in [0.2, 0.25) is 0 Å². The third-order valence-corrected chi connectivity index (χ3v) is 1.29. The summed E-state index contributed by atoms with van der Waals surface area (Å²) in [5.41, 5.74) is 1.49. The number of nitrogens with zero attached hydrogens (tertiary/aromatic N) is 3. The largest absolute Gasteiger partial charge is 0.411 e. The molecule has 1 heterocycles. The summed E-state index contributed by atoms with van der Waals surface area (Å²) in [7, 11) is 0. The van der Waals surface area contributed by atoms with Gasteiger partial charge in [-0.25, -0.2) is 0 Å². The third-order valence-electron chi connectivity index (χ3n) is 1.29. The molecule has 0 saturated heterocycles. The lowest BCUT2D eigenvalue weighted by atomic mass is 10.3. The molecule has 4 heteroatoms. The Balaban J connectivity index is 2.82. The van der Waals surface area contributed by atoms with Crippen molar-refractivity contribution < 1.29 is 5.21 Å². The summed E-state index contributed by atoms with van der Waals surface area (Å²) in [6, 6.07) is 3.61. The molecule has 4 nitrogen and oxygen atoms in total.